The summed E-state index contributed by atoms with van der Waals surface area (Å²) in [4.78, 5) is 21.4. The van der Waals surface area contributed by atoms with E-state index >= 15 is 0 Å². The van der Waals surface area contributed by atoms with Crippen LogP contribution in [0.3, 0.4) is 0 Å². The van der Waals surface area contributed by atoms with Gasteiger partial charge >= 0.3 is 0 Å². The van der Waals surface area contributed by atoms with Gasteiger partial charge in [-0.3, -0.25) is 9.69 Å². The van der Waals surface area contributed by atoms with Crippen molar-refractivity contribution in [3.05, 3.63) is 58.2 Å². The number of rotatable bonds is 7. The fraction of sp³-hybridized carbons (Fsp3) is 0.520. The van der Waals surface area contributed by atoms with E-state index in [1.807, 2.05) is 36.4 Å². The molecule has 1 amide bonds. The summed E-state index contributed by atoms with van der Waals surface area (Å²) in [5.41, 5.74) is 0.783. The van der Waals surface area contributed by atoms with Crippen LogP contribution in [0.5, 0.6) is 0 Å². The van der Waals surface area contributed by atoms with Crippen molar-refractivity contribution < 1.29 is 13.2 Å². The predicted molar refractivity (Wildman–Crippen MR) is 143 cm³/mol. The maximum absolute atomic E-state index is 12.9. The molecule has 4 rings (SSSR count). The van der Waals surface area contributed by atoms with Crippen LogP contribution in [0, 0.1) is 0 Å². The molecule has 1 atom stereocenters. The number of halogens is 2. The van der Waals surface area contributed by atoms with Crippen LogP contribution in [0.25, 0.3) is 0 Å². The highest BCUT2D eigenvalue weighted by Crippen LogP contribution is 2.41. The van der Waals surface area contributed by atoms with E-state index in [0.29, 0.717) is 28.8 Å². The van der Waals surface area contributed by atoms with E-state index in [2.05, 4.69) is 14.6 Å². The molecular formula is C25H34Cl2N4O3S. The lowest BCUT2D eigenvalue weighted by molar-refractivity contribution is -0.120. The Kier molecular flexibility index (Phi) is 9.21. The van der Waals surface area contributed by atoms with Crippen LogP contribution in [-0.2, 0) is 20.2 Å². The summed E-state index contributed by atoms with van der Waals surface area (Å²) < 4.78 is 25.8. The molecule has 2 aliphatic rings. The quantitative estimate of drug-likeness (QED) is 0.559. The molecule has 1 aromatic heterocycles. The second-order valence-electron chi connectivity index (χ2n) is 9.33. The van der Waals surface area contributed by atoms with Gasteiger partial charge in [-0.05, 0) is 75.1 Å². The second-order valence-corrected chi connectivity index (χ2v) is 11.9. The van der Waals surface area contributed by atoms with Gasteiger partial charge in [-0.2, -0.15) is 0 Å². The van der Waals surface area contributed by atoms with Crippen LogP contribution in [0.4, 0.5) is 5.82 Å². The van der Waals surface area contributed by atoms with Crippen LogP contribution >= 0.6 is 23.2 Å². The van der Waals surface area contributed by atoms with Crippen molar-refractivity contribution in [1.29, 1.82) is 0 Å². The van der Waals surface area contributed by atoms with Gasteiger partial charge in [0.2, 0.25) is 15.9 Å². The number of anilines is 1. The number of likely N-dealkylation sites (tertiary alicyclic amines) is 1. The Bertz CT molecular complexity index is 1120. The number of nitrogens with zero attached hydrogens (tertiary/aromatic N) is 3. The van der Waals surface area contributed by atoms with Gasteiger partial charge in [-0.25, -0.2) is 18.1 Å². The standard InChI is InChI=1S/C24H30Cl2N4O3S.CH4/c1-34(32,33)28-19-8-13-29(14-9-19)15-11-24(18-5-6-20(25)21(26)16-18)10-7-23(31)30(17-24)22-4-2-3-12-27-22;/h2-6,12,16,19,28H,7-11,13-15,17H2,1H3;1H4/t24-;/m1./s1. The first kappa shape index (κ1) is 27.9. The molecule has 1 N–H and O–H groups in total. The summed E-state index contributed by atoms with van der Waals surface area (Å²) in [6.07, 6.45) is 6.46. The van der Waals surface area contributed by atoms with Gasteiger partial charge < -0.3 is 4.90 Å². The zero-order chi connectivity index (χ0) is 24.3. The topological polar surface area (TPSA) is 82.6 Å². The zero-order valence-electron chi connectivity index (χ0n) is 19.2. The summed E-state index contributed by atoms with van der Waals surface area (Å²) in [5, 5.41) is 1.02. The maximum atomic E-state index is 12.9. The zero-order valence-corrected chi connectivity index (χ0v) is 21.5. The molecule has 3 heterocycles. The Morgan fingerprint density at radius 3 is 2.51 bits per heavy atom. The molecule has 0 saturated carbocycles. The number of piperidine rings is 2. The van der Waals surface area contributed by atoms with Crippen molar-refractivity contribution in [3.8, 4) is 0 Å². The second kappa shape index (κ2) is 11.6. The van der Waals surface area contributed by atoms with Crippen molar-refractivity contribution in [2.45, 2.75) is 51.0 Å². The molecule has 0 aliphatic carbocycles. The lowest BCUT2D eigenvalue weighted by Crippen LogP contribution is -2.51. The van der Waals surface area contributed by atoms with E-state index in [4.69, 9.17) is 23.2 Å². The van der Waals surface area contributed by atoms with E-state index in [-0.39, 0.29) is 24.8 Å². The Hall–Kier alpha value is -1.71. The van der Waals surface area contributed by atoms with Crippen molar-refractivity contribution in [2.24, 2.45) is 0 Å². The number of sulfonamides is 1. The van der Waals surface area contributed by atoms with E-state index in [1.165, 1.54) is 6.26 Å². The molecule has 2 aromatic rings. The summed E-state index contributed by atoms with van der Waals surface area (Å²) in [7, 11) is -3.20. The van der Waals surface area contributed by atoms with Crippen LogP contribution in [0.1, 0.15) is 45.1 Å². The fourth-order valence-corrected chi connectivity index (χ4v) is 6.17. The van der Waals surface area contributed by atoms with E-state index in [0.717, 1.165) is 50.9 Å². The number of amides is 1. The third-order valence-electron chi connectivity index (χ3n) is 6.91. The average molecular weight is 542 g/mol. The number of hydrogen-bond donors (Lipinski definition) is 1. The number of aromatic nitrogens is 1. The number of benzene rings is 1. The van der Waals surface area contributed by atoms with Crippen molar-refractivity contribution >= 4 is 45.0 Å². The molecule has 0 unspecified atom stereocenters. The lowest BCUT2D eigenvalue weighted by Gasteiger charge is -2.44. The van der Waals surface area contributed by atoms with E-state index in [1.54, 1.807) is 11.1 Å². The molecule has 7 nitrogen and oxygen atoms in total. The third kappa shape index (κ3) is 6.95. The molecule has 0 spiro atoms. The Labute approximate surface area is 218 Å². The van der Waals surface area contributed by atoms with Gasteiger partial charge in [0, 0.05) is 30.6 Å². The first-order chi connectivity index (χ1) is 16.2. The molecule has 2 saturated heterocycles. The van der Waals surface area contributed by atoms with Gasteiger partial charge in [-0.1, -0.05) is 42.8 Å². The molecule has 1 aromatic carbocycles. The minimum atomic E-state index is -3.20. The lowest BCUT2D eigenvalue weighted by atomic mass is 9.71. The van der Waals surface area contributed by atoms with Crippen LogP contribution in [0.2, 0.25) is 10.0 Å². The molecule has 192 valence electrons. The molecule has 35 heavy (non-hydrogen) atoms. The van der Waals surface area contributed by atoms with Crippen molar-refractivity contribution in [1.82, 2.24) is 14.6 Å². The van der Waals surface area contributed by atoms with E-state index in [9.17, 15) is 13.2 Å². The highest BCUT2D eigenvalue weighted by Gasteiger charge is 2.41. The molecule has 2 fully saturated rings. The van der Waals surface area contributed by atoms with Gasteiger partial charge in [0.05, 0.1) is 16.3 Å². The first-order valence-corrected chi connectivity index (χ1v) is 14.2. The molecule has 2 aliphatic heterocycles. The van der Waals surface area contributed by atoms with Gasteiger partial charge in [0.1, 0.15) is 5.82 Å². The number of pyridine rings is 1. The highest BCUT2D eigenvalue weighted by atomic mass is 35.5. The highest BCUT2D eigenvalue weighted by molar-refractivity contribution is 7.88. The minimum Gasteiger partial charge on any atom is -0.303 e. The molecular weight excluding hydrogens is 507 g/mol. The van der Waals surface area contributed by atoms with Gasteiger partial charge in [0.25, 0.3) is 0 Å². The summed E-state index contributed by atoms with van der Waals surface area (Å²) in [6, 6.07) is 11.4. The number of hydrogen-bond acceptors (Lipinski definition) is 5. The van der Waals surface area contributed by atoms with Crippen LogP contribution in [0.15, 0.2) is 42.6 Å². The Balaban J connectivity index is 0.00000342. The van der Waals surface area contributed by atoms with Crippen LogP contribution < -0.4 is 9.62 Å². The largest absolute Gasteiger partial charge is 0.303 e. The smallest absolute Gasteiger partial charge is 0.228 e. The summed E-state index contributed by atoms with van der Waals surface area (Å²) >= 11 is 12.6. The fourth-order valence-electron chi connectivity index (χ4n) is 5.03. The van der Waals surface area contributed by atoms with Crippen molar-refractivity contribution in [3.63, 3.8) is 0 Å². The normalized spacial score (nSPS) is 22.1. The third-order valence-corrected chi connectivity index (χ3v) is 8.41. The summed E-state index contributed by atoms with van der Waals surface area (Å²) in [6.45, 7) is 3.02. The van der Waals surface area contributed by atoms with E-state index < -0.39 is 10.0 Å². The number of carbonyl (C=O) groups excluding carboxylic acids is 1. The maximum Gasteiger partial charge on any atom is 0.228 e. The van der Waals surface area contributed by atoms with Gasteiger partial charge in [0.15, 0.2) is 0 Å². The summed E-state index contributed by atoms with van der Waals surface area (Å²) in [5.74, 6) is 0.728. The number of nitrogens with one attached hydrogen (secondary N) is 1. The monoisotopic (exact) mass is 540 g/mol. The van der Waals surface area contributed by atoms with Crippen molar-refractivity contribution in [2.75, 3.05) is 37.3 Å². The first-order valence-electron chi connectivity index (χ1n) is 11.5. The van der Waals surface area contributed by atoms with Gasteiger partial charge in [-0.15, -0.1) is 0 Å². The SMILES string of the molecule is C.CS(=O)(=O)NC1CCN(CC[C@]2(c3ccc(Cl)c(Cl)c3)CCC(=O)N(c3ccccn3)C2)CC1. The number of carbonyl (C=O) groups is 1. The Morgan fingerprint density at radius 2 is 1.89 bits per heavy atom. The molecule has 10 heteroatoms. The minimum absolute atomic E-state index is 0. The molecule has 0 radical (unpaired) electrons. The van der Waals surface area contributed by atoms with Crippen LogP contribution in [-0.4, -0.2) is 62.7 Å². The molecule has 0 bridgehead atoms. The Morgan fingerprint density at radius 1 is 1.14 bits per heavy atom. The predicted octanol–water partition coefficient (Wildman–Crippen LogP) is 4.49. The average Bonchev–Trinajstić information content (AvgIpc) is 2.81.